The van der Waals surface area contributed by atoms with Gasteiger partial charge in [-0.05, 0) is 36.2 Å². The molecule has 2 N–H and O–H groups in total. The normalized spacial score (nSPS) is 15.4. The highest BCUT2D eigenvalue weighted by atomic mass is 32.2. The quantitative estimate of drug-likeness (QED) is 0.635. The van der Waals surface area contributed by atoms with Crippen molar-refractivity contribution < 1.29 is 22.7 Å². The number of fused-ring (bicyclic) bond motifs is 1. The molecule has 1 aromatic carbocycles. The highest BCUT2D eigenvalue weighted by Gasteiger charge is 2.29. The first-order valence-electron chi connectivity index (χ1n) is 9.05. The van der Waals surface area contributed by atoms with Crippen LogP contribution in [0.15, 0.2) is 47.4 Å². The van der Waals surface area contributed by atoms with Crippen LogP contribution in [0.5, 0.6) is 5.75 Å². The summed E-state index contributed by atoms with van der Waals surface area (Å²) >= 11 is 0. The van der Waals surface area contributed by atoms with Crippen molar-refractivity contribution >= 4 is 27.3 Å². The van der Waals surface area contributed by atoms with Gasteiger partial charge in [0.25, 0.3) is 5.91 Å². The van der Waals surface area contributed by atoms with Crippen molar-refractivity contribution in [2.75, 3.05) is 16.6 Å². The van der Waals surface area contributed by atoms with Crippen molar-refractivity contribution in [3.63, 3.8) is 0 Å². The Morgan fingerprint density at radius 2 is 1.93 bits per heavy atom. The summed E-state index contributed by atoms with van der Waals surface area (Å²) in [6.45, 7) is 0.344. The molecule has 3 heterocycles. The zero-order chi connectivity index (χ0) is 21.5. The first-order valence-corrected chi connectivity index (χ1v) is 10.7. The lowest BCUT2D eigenvalue weighted by Gasteiger charge is -2.17. The Balaban J connectivity index is 1.64. The van der Waals surface area contributed by atoms with Crippen LogP contribution in [0, 0.1) is 5.82 Å². The van der Waals surface area contributed by atoms with E-state index in [2.05, 4.69) is 10.3 Å². The number of carbonyl (C=O) groups is 1. The first-order chi connectivity index (χ1) is 14.3. The minimum atomic E-state index is -3.44. The number of aromatic hydroxyl groups is 1. The number of anilines is 1. The Kier molecular flexibility index (Phi) is 4.90. The summed E-state index contributed by atoms with van der Waals surface area (Å²) in [6.07, 6.45) is 1.75. The second-order valence-corrected chi connectivity index (χ2v) is 8.79. The van der Waals surface area contributed by atoms with Crippen LogP contribution in [0.2, 0.25) is 0 Å². The van der Waals surface area contributed by atoms with Gasteiger partial charge in [0, 0.05) is 19.3 Å². The monoisotopic (exact) mass is 432 g/mol. The number of nitrogens with one attached hydrogen (secondary N) is 1. The van der Waals surface area contributed by atoms with Crippen LogP contribution < -0.4 is 15.2 Å². The van der Waals surface area contributed by atoms with Gasteiger partial charge in [0.2, 0.25) is 15.8 Å². The summed E-state index contributed by atoms with van der Waals surface area (Å²) in [5, 5.41) is 12.7. The van der Waals surface area contributed by atoms with E-state index in [1.165, 1.54) is 46.9 Å². The van der Waals surface area contributed by atoms with E-state index in [1.807, 2.05) is 0 Å². The maximum Gasteiger partial charge on any atom is 0.300 e. The van der Waals surface area contributed by atoms with Crippen molar-refractivity contribution in [2.24, 2.45) is 0 Å². The van der Waals surface area contributed by atoms with Crippen LogP contribution >= 0.6 is 0 Å². The highest BCUT2D eigenvalue weighted by molar-refractivity contribution is 7.93. The van der Waals surface area contributed by atoms with E-state index in [-0.39, 0.29) is 23.6 Å². The highest BCUT2D eigenvalue weighted by Crippen LogP contribution is 2.24. The topological polar surface area (TPSA) is 121 Å². The van der Waals surface area contributed by atoms with Crippen molar-refractivity contribution in [1.29, 1.82) is 0 Å². The van der Waals surface area contributed by atoms with Crippen molar-refractivity contribution in [3.05, 3.63) is 70.0 Å². The molecule has 9 nitrogen and oxygen atoms in total. The number of benzene rings is 1. The molecule has 1 amide bonds. The zero-order valence-corrected chi connectivity index (χ0v) is 16.4. The summed E-state index contributed by atoms with van der Waals surface area (Å²) in [5.41, 5.74) is -0.380. The average Bonchev–Trinajstić information content (AvgIpc) is 3.08. The predicted molar refractivity (Wildman–Crippen MR) is 106 cm³/mol. The van der Waals surface area contributed by atoms with Crippen LogP contribution in [-0.2, 0) is 16.6 Å². The maximum atomic E-state index is 13.0. The molecule has 0 unspecified atom stereocenters. The molecule has 0 bridgehead atoms. The molecular weight excluding hydrogens is 415 g/mol. The number of aromatic nitrogens is 2. The Morgan fingerprint density at radius 3 is 2.60 bits per heavy atom. The molecule has 3 aromatic rings. The van der Waals surface area contributed by atoms with Gasteiger partial charge >= 0.3 is 5.56 Å². The summed E-state index contributed by atoms with van der Waals surface area (Å²) < 4.78 is 39.4. The first kappa shape index (κ1) is 19.8. The fourth-order valence-electron chi connectivity index (χ4n) is 3.22. The molecule has 4 rings (SSSR count). The van der Waals surface area contributed by atoms with Crippen molar-refractivity contribution in [1.82, 2.24) is 14.7 Å². The number of pyridine rings is 1. The van der Waals surface area contributed by atoms with Crippen LogP contribution in [0.3, 0.4) is 0 Å². The smallest absolute Gasteiger partial charge is 0.300 e. The summed E-state index contributed by atoms with van der Waals surface area (Å²) in [4.78, 5) is 29.0. The Labute approximate surface area is 170 Å². The molecule has 0 aliphatic carbocycles. The van der Waals surface area contributed by atoms with Gasteiger partial charge < -0.3 is 10.4 Å². The van der Waals surface area contributed by atoms with E-state index in [0.29, 0.717) is 18.5 Å². The minimum Gasteiger partial charge on any atom is -0.501 e. The minimum absolute atomic E-state index is 0.0244. The zero-order valence-electron chi connectivity index (χ0n) is 15.6. The molecule has 0 spiro atoms. The van der Waals surface area contributed by atoms with E-state index in [4.69, 9.17) is 0 Å². The molecule has 2 aromatic heterocycles. The van der Waals surface area contributed by atoms with Gasteiger partial charge in [-0.2, -0.15) is 0 Å². The van der Waals surface area contributed by atoms with E-state index >= 15 is 0 Å². The third-order valence-corrected chi connectivity index (χ3v) is 6.62. The largest absolute Gasteiger partial charge is 0.501 e. The van der Waals surface area contributed by atoms with E-state index in [1.54, 1.807) is 0 Å². The van der Waals surface area contributed by atoms with Gasteiger partial charge in [-0.15, -0.1) is 0 Å². The summed E-state index contributed by atoms with van der Waals surface area (Å²) in [6, 6.07) is 8.37. The third-order valence-electron chi connectivity index (χ3n) is 4.75. The molecule has 0 radical (unpaired) electrons. The van der Waals surface area contributed by atoms with E-state index in [9.17, 15) is 27.5 Å². The lowest BCUT2D eigenvalue weighted by atomic mass is 10.2. The van der Waals surface area contributed by atoms with Crippen LogP contribution in [-0.4, -0.2) is 41.1 Å². The molecular formula is C19H17FN4O5S. The van der Waals surface area contributed by atoms with Crippen LogP contribution in [0.1, 0.15) is 22.5 Å². The molecule has 11 heteroatoms. The number of nitrogens with zero attached hydrogens (tertiary/aromatic N) is 3. The van der Waals surface area contributed by atoms with E-state index < -0.39 is 38.8 Å². The molecule has 30 heavy (non-hydrogen) atoms. The van der Waals surface area contributed by atoms with Crippen molar-refractivity contribution in [3.8, 4) is 5.75 Å². The van der Waals surface area contributed by atoms with Crippen LogP contribution in [0.4, 0.5) is 10.1 Å². The molecule has 0 saturated carbocycles. The SMILES string of the molecule is O=C(NCc1ccc(F)cc1)c1nc2ccc(N3CCCS3(=O)=O)cn2c(=O)c1O. The molecule has 0 atom stereocenters. The Hall–Kier alpha value is -3.47. The molecule has 156 valence electrons. The number of halogens is 1. The van der Waals surface area contributed by atoms with Gasteiger partial charge in [0.1, 0.15) is 11.5 Å². The summed E-state index contributed by atoms with van der Waals surface area (Å²) in [7, 11) is -3.44. The third kappa shape index (κ3) is 3.59. The van der Waals surface area contributed by atoms with E-state index in [0.717, 1.165) is 4.40 Å². The van der Waals surface area contributed by atoms with Gasteiger partial charge in [-0.25, -0.2) is 17.8 Å². The molecule has 1 fully saturated rings. The van der Waals surface area contributed by atoms with Crippen molar-refractivity contribution in [2.45, 2.75) is 13.0 Å². The molecule has 1 aliphatic heterocycles. The second kappa shape index (κ2) is 7.41. The average molecular weight is 432 g/mol. The Bertz CT molecular complexity index is 1300. The van der Waals surface area contributed by atoms with Crippen LogP contribution in [0.25, 0.3) is 5.65 Å². The number of amides is 1. The number of sulfonamides is 1. The lowest BCUT2D eigenvalue weighted by molar-refractivity contribution is 0.0942. The standard InChI is InChI=1S/C19H17FN4O5S/c20-13-4-2-12(3-5-13)10-21-18(26)16-17(25)19(27)23-11-14(6-7-15(23)22-16)24-8-1-9-30(24,28)29/h2-7,11,25H,1,8-10H2,(H,21,26). The lowest BCUT2D eigenvalue weighted by Crippen LogP contribution is -2.28. The van der Waals surface area contributed by atoms with Gasteiger partial charge in [-0.3, -0.25) is 18.3 Å². The number of hydrogen-bond donors (Lipinski definition) is 2. The van der Waals surface area contributed by atoms with Gasteiger partial charge in [-0.1, -0.05) is 12.1 Å². The summed E-state index contributed by atoms with van der Waals surface area (Å²) in [5.74, 6) is -2.02. The maximum absolute atomic E-state index is 13.0. The predicted octanol–water partition coefficient (Wildman–Crippen LogP) is 1.01. The number of carbonyl (C=O) groups excluding carboxylic acids is 1. The fourth-order valence-corrected chi connectivity index (χ4v) is 4.77. The van der Waals surface area contributed by atoms with Gasteiger partial charge in [0.05, 0.1) is 11.4 Å². The second-order valence-electron chi connectivity index (χ2n) is 6.78. The fraction of sp³-hybridized carbons (Fsp3) is 0.211. The molecule has 1 aliphatic rings. The Morgan fingerprint density at radius 1 is 1.20 bits per heavy atom. The number of hydrogen-bond acceptors (Lipinski definition) is 6. The molecule has 1 saturated heterocycles. The van der Waals surface area contributed by atoms with Gasteiger partial charge in [0.15, 0.2) is 5.69 Å². The number of rotatable bonds is 4.